The topological polar surface area (TPSA) is 4.93 Å². The summed E-state index contributed by atoms with van der Waals surface area (Å²) in [4.78, 5) is 0. The van der Waals surface area contributed by atoms with E-state index in [0.29, 0.717) is 0 Å². The van der Waals surface area contributed by atoms with Crippen LogP contribution in [0.3, 0.4) is 0 Å². The van der Waals surface area contributed by atoms with Gasteiger partial charge in [0, 0.05) is 26.8 Å². The van der Waals surface area contributed by atoms with E-state index in [4.69, 9.17) is 0 Å². The Labute approximate surface area is 191 Å². The first kappa shape index (κ1) is 19.6. The quantitative estimate of drug-likeness (QED) is 0.251. The fourth-order valence-corrected chi connectivity index (χ4v) is 4.64. The standard InChI is InChI=1S/C29H22BrN/c1-3-27-20(2)31(29-19-25(30)15-18-28(27)29)26-16-13-24(14-17-26)23-11-9-22(10-12-23)21-7-5-4-6-8-21/h3-19H,1H2,2H3. The number of nitrogens with zero attached hydrogens (tertiary/aromatic N) is 1. The normalized spacial score (nSPS) is 11.0. The highest BCUT2D eigenvalue weighted by Crippen LogP contribution is 2.33. The van der Waals surface area contributed by atoms with Crippen LogP contribution in [0.5, 0.6) is 0 Å². The molecule has 1 aromatic heterocycles. The third kappa shape index (κ3) is 3.54. The highest BCUT2D eigenvalue weighted by molar-refractivity contribution is 9.10. The van der Waals surface area contributed by atoms with Crippen molar-refractivity contribution in [3.05, 3.63) is 119 Å². The number of rotatable bonds is 4. The Balaban J connectivity index is 1.52. The summed E-state index contributed by atoms with van der Waals surface area (Å²) in [7, 11) is 0. The van der Waals surface area contributed by atoms with Gasteiger partial charge in [0.2, 0.25) is 0 Å². The maximum Gasteiger partial charge on any atom is 0.0548 e. The van der Waals surface area contributed by atoms with Crippen LogP contribution in [0.1, 0.15) is 11.3 Å². The molecule has 0 amide bonds. The van der Waals surface area contributed by atoms with Crippen molar-refractivity contribution in [1.29, 1.82) is 0 Å². The van der Waals surface area contributed by atoms with Gasteiger partial charge in [-0.05, 0) is 53.4 Å². The lowest BCUT2D eigenvalue weighted by molar-refractivity contribution is 1.05. The van der Waals surface area contributed by atoms with Gasteiger partial charge in [0.05, 0.1) is 5.52 Å². The molecule has 5 aromatic rings. The Morgan fingerprint density at radius 3 is 1.84 bits per heavy atom. The molecule has 150 valence electrons. The van der Waals surface area contributed by atoms with Gasteiger partial charge in [0.1, 0.15) is 0 Å². The molecule has 0 atom stereocenters. The summed E-state index contributed by atoms with van der Waals surface area (Å²) < 4.78 is 3.38. The summed E-state index contributed by atoms with van der Waals surface area (Å²) in [5.74, 6) is 0. The lowest BCUT2D eigenvalue weighted by Gasteiger charge is -2.11. The first-order valence-corrected chi connectivity index (χ1v) is 11.1. The first-order valence-electron chi connectivity index (χ1n) is 10.3. The van der Waals surface area contributed by atoms with E-state index >= 15 is 0 Å². The smallest absolute Gasteiger partial charge is 0.0548 e. The van der Waals surface area contributed by atoms with Gasteiger partial charge in [0.25, 0.3) is 0 Å². The molecule has 0 radical (unpaired) electrons. The van der Waals surface area contributed by atoms with Crippen molar-refractivity contribution >= 4 is 32.9 Å². The zero-order valence-corrected chi connectivity index (χ0v) is 18.9. The van der Waals surface area contributed by atoms with Gasteiger partial charge in [-0.2, -0.15) is 0 Å². The van der Waals surface area contributed by atoms with Crippen LogP contribution in [0.25, 0.3) is 44.9 Å². The molecule has 0 aliphatic carbocycles. The molecule has 5 rings (SSSR count). The van der Waals surface area contributed by atoms with Gasteiger partial charge >= 0.3 is 0 Å². The van der Waals surface area contributed by atoms with Crippen LogP contribution in [-0.4, -0.2) is 4.57 Å². The van der Waals surface area contributed by atoms with E-state index in [-0.39, 0.29) is 0 Å². The average Bonchev–Trinajstić information content (AvgIpc) is 3.10. The van der Waals surface area contributed by atoms with Crippen molar-refractivity contribution in [2.24, 2.45) is 0 Å². The van der Waals surface area contributed by atoms with Crippen LogP contribution >= 0.6 is 15.9 Å². The summed E-state index contributed by atoms with van der Waals surface area (Å²) >= 11 is 3.62. The monoisotopic (exact) mass is 463 g/mol. The van der Waals surface area contributed by atoms with Crippen molar-refractivity contribution in [1.82, 2.24) is 4.57 Å². The minimum Gasteiger partial charge on any atom is -0.313 e. The van der Waals surface area contributed by atoms with E-state index in [2.05, 4.69) is 125 Å². The molecule has 4 aromatic carbocycles. The number of fused-ring (bicyclic) bond motifs is 1. The fraction of sp³-hybridized carbons (Fsp3) is 0.0345. The van der Waals surface area contributed by atoms with Gasteiger partial charge in [0.15, 0.2) is 0 Å². The largest absolute Gasteiger partial charge is 0.313 e. The fourth-order valence-electron chi connectivity index (χ4n) is 4.29. The molecule has 0 N–H and O–H groups in total. The molecule has 1 nitrogen and oxygen atoms in total. The lowest BCUT2D eigenvalue weighted by atomic mass is 10.0. The summed E-state index contributed by atoms with van der Waals surface area (Å²) in [5, 5.41) is 1.22. The second-order valence-corrected chi connectivity index (χ2v) is 8.61. The van der Waals surface area contributed by atoms with Gasteiger partial charge in [-0.1, -0.05) is 101 Å². The zero-order chi connectivity index (χ0) is 21.4. The molecule has 0 bridgehead atoms. The van der Waals surface area contributed by atoms with E-state index < -0.39 is 0 Å². The highest BCUT2D eigenvalue weighted by Gasteiger charge is 2.14. The average molecular weight is 464 g/mol. The Morgan fingerprint density at radius 1 is 0.710 bits per heavy atom. The van der Waals surface area contributed by atoms with Gasteiger partial charge < -0.3 is 4.57 Å². The summed E-state index contributed by atoms with van der Waals surface area (Å²) in [6.07, 6.45) is 1.95. The molecule has 1 heterocycles. The number of benzene rings is 4. The van der Waals surface area contributed by atoms with Crippen LogP contribution in [0.4, 0.5) is 0 Å². The number of hydrogen-bond donors (Lipinski definition) is 0. The molecule has 0 aliphatic rings. The van der Waals surface area contributed by atoms with E-state index in [1.165, 1.54) is 44.4 Å². The summed E-state index contributed by atoms with van der Waals surface area (Å²) in [5.41, 5.74) is 9.62. The van der Waals surface area contributed by atoms with Gasteiger partial charge in [-0.25, -0.2) is 0 Å². The summed E-state index contributed by atoms with van der Waals surface area (Å²) in [6, 6.07) is 34.5. The van der Waals surface area contributed by atoms with Crippen LogP contribution in [0.2, 0.25) is 0 Å². The van der Waals surface area contributed by atoms with Gasteiger partial charge in [-0.15, -0.1) is 0 Å². The van der Waals surface area contributed by atoms with Crippen molar-refractivity contribution < 1.29 is 0 Å². The van der Waals surface area contributed by atoms with Crippen molar-refractivity contribution in [2.45, 2.75) is 6.92 Å². The van der Waals surface area contributed by atoms with Crippen LogP contribution in [0.15, 0.2) is 108 Å². The molecule has 2 heteroatoms. The van der Waals surface area contributed by atoms with Crippen molar-refractivity contribution in [3.8, 4) is 27.9 Å². The maximum absolute atomic E-state index is 4.03. The Hall–Kier alpha value is -3.36. The molecule has 0 saturated heterocycles. The third-order valence-corrected chi connectivity index (χ3v) is 6.36. The lowest BCUT2D eigenvalue weighted by Crippen LogP contribution is -1.96. The van der Waals surface area contributed by atoms with E-state index in [1.807, 2.05) is 12.1 Å². The number of aromatic nitrogens is 1. The maximum atomic E-state index is 4.03. The van der Waals surface area contributed by atoms with Crippen molar-refractivity contribution in [2.75, 3.05) is 0 Å². The zero-order valence-electron chi connectivity index (χ0n) is 17.3. The van der Waals surface area contributed by atoms with E-state index in [0.717, 1.165) is 10.2 Å². The Morgan fingerprint density at radius 2 is 1.26 bits per heavy atom. The van der Waals surface area contributed by atoms with Crippen molar-refractivity contribution in [3.63, 3.8) is 0 Å². The van der Waals surface area contributed by atoms with E-state index in [1.54, 1.807) is 0 Å². The molecule has 0 fully saturated rings. The molecule has 0 aliphatic heterocycles. The molecule has 0 saturated carbocycles. The molecular formula is C29H22BrN. The Bertz CT molecular complexity index is 1380. The SMILES string of the molecule is C=Cc1c(C)n(-c2ccc(-c3ccc(-c4ccccc4)cc3)cc2)c2cc(Br)ccc12. The predicted molar refractivity (Wildman–Crippen MR) is 137 cm³/mol. The number of hydrogen-bond acceptors (Lipinski definition) is 0. The number of halogens is 1. The molecule has 0 unspecified atom stereocenters. The second-order valence-electron chi connectivity index (χ2n) is 7.69. The first-order chi connectivity index (χ1) is 15.2. The second kappa shape index (κ2) is 8.05. The molecule has 0 spiro atoms. The third-order valence-electron chi connectivity index (χ3n) is 5.87. The minimum absolute atomic E-state index is 1.07. The minimum atomic E-state index is 1.07. The Kier molecular flexibility index (Phi) is 5.09. The highest BCUT2D eigenvalue weighted by atomic mass is 79.9. The summed E-state index contributed by atoms with van der Waals surface area (Å²) in [6.45, 7) is 6.18. The predicted octanol–water partition coefficient (Wildman–Crippen LogP) is 8.68. The van der Waals surface area contributed by atoms with Crippen LogP contribution in [0, 0.1) is 6.92 Å². The molecular weight excluding hydrogens is 442 g/mol. The van der Waals surface area contributed by atoms with Gasteiger partial charge in [-0.3, -0.25) is 0 Å². The molecule has 31 heavy (non-hydrogen) atoms. The van der Waals surface area contributed by atoms with Crippen LogP contribution in [-0.2, 0) is 0 Å². The van der Waals surface area contributed by atoms with E-state index in [9.17, 15) is 0 Å². The van der Waals surface area contributed by atoms with Crippen LogP contribution < -0.4 is 0 Å².